The van der Waals surface area contributed by atoms with Gasteiger partial charge in [0.1, 0.15) is 6.54 Å². The largest absolute Gasteiger partial charge is 0.480 e. The van der Waals surface area contributed by atoms with Gasteiger partial charge in [0, 0.05) is 30.9 Å². The van der Waals surface area contributed by atoms with Crippen LogP contribution in [0.5, 0.6) is 0 Å². The van der Waals surface area contributed by atoms with Crippen LogP contribution in [0.4, 0.5) is 0 Å². The van der Waals surface area contributed by atoms with Crippen LogP contribution in [-0.4, -0.2) is 44.3 Å². The third-order valence-corrected chi connectivity index (χ3v) is 3.50. The normalized spacial score (nSPS) is 15.8. The summed E-state index contributed by atoms with van der Waals surface area (Å²) >= 11 is 0. The fourth-order valence-corrected chi connectivity index (χ4v) is 2.54. The van der Waals surface area contributed by atoms with Gasteiger partial charge in [-0.15, -0.1) is 0 Å². The maximum absolute atomic E-state index is 12.2. The lowest BCUT2D eigenvalue weighted by Crippen LogP contribution is -2.41. The average Bonchev–Trinajstić information content (AvgIpc) is 3.04. The highest BCUT2D eigenvalue weighted by molar-refractivity contribution is 5.93. The maximum Gasteiger partial charge on any atom is 0.323 e. The molecule has 2 rings (SSSR count). The molecule has 108 valence electrons. The Kier molecular flexibility index (Phi) is 4.55. The highest BCUT2D eigenvalue weighted by atomic mass is 16.4. The summed E-state index contributed by atoms with van der Waals surface area (Å²) in [6.07, 6.45) is 10.4. The van der Waals surface area contributed by atoms with Crippen LogP contribution in [0.15, 0.2) is 18.5 Å². The third kappa shape index (κ3) is 3.69. The Balaban J connectivity index is 2.05. The van der Waals surface area contributed by atoms with Crippen LogP contribution in [0.25, 0.3) is 6.08 Å². The Bertz CT molecular complexity index is 515. The van der Waals surface area contributed by atoms with Gasteiger partial charge in [-0.05, 0) is 18.9 Å². The molecule has 0 radical (unpaired) electrons. The minimum absolute atomic E-state index is 0.0529. The number of nitrogens with zero attached hydrogens (tertiary/aromatic N) is 3. The summed E-state index contributed by atoms with van der Waals surface area (Å²) in [6, 6.07) is 0.0529. The van der Waals surface area contributed by atoms with Gasteiger partial charge in [-0.2, -0.15) is 5.10 Å². The zero-order valence-electron chi connectivity index (χ0n) is 11.5. The van der Waals surface area contributed by atoms with Crippen LogP contribution in [0, 0.1) is 0 Å². The van der Waals surface area contributed by atoms with Crippen molar-refractivity contribution in [3.8, 4) is 0 Å². The Morgan fingerprint density at radius 2 is 2.20 bits per heavy atom. The number of hydrogen-bond acceptors (Lipinski definition) is 3. The number of carbonyl (C=O) groups is 2. The lowest BCUT2D eigenvalue weighted by molar-refractivity contribution is -0.144. The number of aliphatic carboxylic acids is 1. The fraction of sp³-hybridized carbons (Fsp3) is 0.500. The molecule has 6 heteroatoms. The molecule has 1 aliphatic rings. The van der Waals surface area contributed by atoms with E-state index in [0.717, 1.165) is 31.2 Å². The molecule has 6 nitrogen and oxygen atoms in total. The molecule has 1 fully saturated rings. The number of carbonyl (C=O) groups excluding carboxylic acids is 1. The highest BCUT2D eigenvalue weighted by Gasteiger charge is 2.26. The molecule has 1 N–H and O–H groups in total. The first kappa shape index (κ1) is 14.3. The first-order valence-corrected chi connectivity index (χ1v) is 6.75. The number of hydrogen-bond donors (Lipinski definition) is 1. The van der Waals surface area contributed by atoms with Crippen molar-refractivity contribution in [3.05, 3.63) is 24.0 Å². The van der Waals surface area contributed by atoms with E-state index in [1.54, 1.807) is 30.2 Å². The highest BCUT2D eigenvalue weighted by Crippen LogP contribution is 2.23. The average molecular weight is 277 g/mol. The van der Waals surface area contributed by atoms with Crippen molar-refractivity contribution in [2.75, 3.05) is 6.54 Å². The van der Waals surface area contributed by atoms with Gasteiger partial charge >= 0.3 is 5.97 Å². The Hall–Kier alpha value is -2.11. The predicted octanol–water partition coefficient (Wildman–Crippen LogP) is 1.29. The smallest absolute Gasteiger partial charge is 0.323 e. The quantitative estimate of drug-likeness (QED) is 0.823. The molecule has 0 spiro atoms. The predicted molar refractivity (Wildman–Crippen MR) is 73.8 cm³/mol. The second kappa shape index (κ2) is 6.36. The number of aromatic nitrogens is 2. The standard InChI is InChI=1S/C14H19N3O3/c1-16-9-11(8-15-16)6-7-13(18)17(10-14(19)20)12-4-2-3-5-12/h6-9,12H,2-5,10H2,1H3,(H,19,20)/b7-6+. The Morgan fingerprint density at radius 3 is 2.75 bits per heavy atom. The minimum Gasteiger partial charge on any atom is -0.480 e. The minimum atomic E-state index is -0.972. The summed E-state index contributed by atoms with van der Waals surface area (Å²) in [5, 5.41) is 13.0. The zero-order chi connectivity index (χ0) is 14.5. The molecule has 0 aromatic carbocycles. The first-order chi connectivity index (χ1) is 9.56. The molecule has 1 heterocycles. The van der Waals surface area contributed by atoms with Crippen LogP contribution >= 0.6 is 0 Å². The van der Waals surface area contributed by atoms with Crippen molar-refractivity contribution in [2.45, 2.75) is 31.7 Å². The molecule has 0 atom stereocenters. The van der Waals surface area contributed by atoms with Gasteiger partial charge in [-0.3, -0.25) is 14.3 Å². The maximum atomic E-state index is 12.2. The van der Waals surface area contributed by atoms with E-state index in [1.165, 1.54) is 11.0 Å². The summed E-state index contributed by atoms with van der Waals surface area (Å²) in [5.74, 6) is -1.22. The lowest BCUT2D eigenvalue weighted by Gasteiger charge is -2.26. The van der Waals surface area contributed by atoms with Gasteiger partial charge in [-0.1, -0.05) is 12.8 Å². The van der Waals surface area contributed by atoms with E-state index in [-0.39, 0.29) is 18.5 Å². The monoisotopic (exact) mass is 277 g/mol. The Labute approximate surface area is 117 Å². The van der Waals surface area contributed by atoms with Gasteiger partial charge in [-0.25, -0.2) is 0 Å². The molecule has 1 aromatic heterocycles. The van der Waals surface area contributed by atoms with Gasteiger partial charge in [0.2, 0.25) is 5.91 Å². The summed E-state index contributed by atoms with van der Waals surface area (Å²) in [5.41, 5.74) is 0.822. The second-order valence-electron chi connectivity index (χ2n) is 5.08. The molecular weight excluding hydrogens is 258 g/mol. The van der Waals surface area contributed by atoms with Gasteiger partial charge in [0.05, 0.1) is 6.20 Å². The van der Waals surface area contributed by atoms with Crippen molar-refractivity contribution < 1.29 is 14.7 Å². The van der Waals surface area contributed by atoms with Crippen LogP contribution < -0.4 is 0 Å². The van der Waals surface area contributed by atoms with Crippen molar-refractivity contribution in [1.29, 1.82) is 0 Å². The second-order valence-corrected chi connectivity index (χ2v) is 5.08. The summed E-state index contributed by atoms with van der Waals surface area (Å²) in [4.78, 5) is 24.6. The van der Waals surface area contributed by atoms with Crippen LogP contribution in [-0.2, 0) is 16.6 Å². The number of carboxylic acids is 1. The molecule has 1 aliphatic carbocycles. The summed E-state index contributed by atoms with van der Waals surface area (Å²) < 4.78 is 1.65. The summed E-state index contributed by atoms with van der Waals surface area (Å²) in [7, 11) is 1.80. The molecule has 0 bridgehead atoms. The molecule has 20 heavy (non-hydrogen) atoms. The Morgan fingerprint density at radius 1 is 1.50 bits per heavy atom. The number of amides is 1. The number of rotatable bonds is 5. The topological polar surface area (TPSA) is 75.4 Å². The third-order valence-electron chi connectivity index (χ3n) is 3.50. The van der Waals surface area contributed by atoms with Crippen molar-refractivity contribution in [3.63, 3.8) is 0 Å². The number of aryl methyl sites for hydroxylation is 1. The van der Waals surface area contributed by atoms with Gasteiger partial charge in [0.25, 0.3) is 0 Å². The van der Waals surface area contributed by atoms with E-state index in [2.05, 4.69) is 5.10 Å². The van der Waals surface area contributed by atoms with E-state index < -0.39 is 5.97 Å². The SMILES string of the molecule is Cn1cc(/C=C/C(=O)N(CC(=O)O)C2CCCC2)cn1. The molecule has 1 saturated carbocycles. The van der Waals surface area contributed by atoms with Gasteiger partial charge in [0.15, 0.2) is 0 Å². The van der Waals surface area contributed by atoms with E-state index >= 15 is 0 Å². The zero-order valence-corrected chi connectivity index (χ0v) is 11.5. The van der Waals surface area contributed by atoms with Crippen molar-refractivity contribution in [1.82, 2.24) is 14.7 Å². The van der Waals surface area contributed by atoms with E-state index in [9.17, 15) is 9.59 Å². The first-order valence-electron chi connectivity index (χ1n) is 6.75. The van der Waals surface area contributed by atoms with E-state index in [1.807, 2.05) is 0 Å². The van der Waals surface area contributed by atoms with Crippen molar-refractivity contribution in [2.24, 2.45) is 7.05 Å². The van der Waals surface area contributed by atoms with Crippen molar-refractivity contribution >= 4 is 18.0 Å². The molecule has 0 aliphatic heterocycles. The fourth-order valence-electron chi connectivity index (χ4n) is 2.54. The van der Waals surface area contributed by atoms with Crippen LogP contribution in [0.1, 0.15) is 31.2 Å². The molecule has 1 amide bonds. The summed E-state index contributed by atoms with van der Waals surface area (Å²) in [6.45, 7) is -0.235. The number of carboxylic acid groups (broad SMARTS) is 1. The van der Waals surface area contributed by atoms with Gasteiger partial charge < -0.3 is 10.0 Å². The molecule has 0 unspecified atom stereocenters. The van der Waals surface area contributed by atoms with E-state index in [4.69, 9.17) is 5.11 Å². The van der Waals surface area contributed by atoms with Crippen LogP contribution in [0.3, 0.4) is 0 Å². The molecule has 1 aromatic rings. The molecule has 0 saturated heterocycles. The van der Waals surface area contributed by atoms with Crippen LogP contribution in [0.2, 0.25) is 0 Å². The van der Waals surface area contributed by atoms with E-state index in [0.29, 0.717) is 0 Å². The lowest BCUT2D eigenvalue weighted by atomic mass is 10.2. The molecular formula is C14H19N3O3.